The molecule has 0 aliphatic carbocycles. The van der Waals surface area contributed by atoms with E-state index in [4.69, 9.17) is 26.2 Å². The van der Waals surface area contributed by atoms with Gasteiger partial charge in [0.15, 0.2) is 0 Å². The van der Waals surface area contributed by atoms with E-state index in [1.165, 1.54) is 0 Å². The number of carboxylic acids is 1. The molecular formula is C32H27ClN2O4. The molecule has 5 rings (SSSR count). The Labute approximate surface area is 232 Å². The van der Waals surface area contributed by atoms with E-state index in [-0.39, 0.29) is 6.42 Å². The molecule has 0 saturated heterocycles. The number of ether oxygens (including phenoxy) is 2. The number of methoxy groups -OCH3 is 1. The SMILES string of the molecule is COc1ccccc1-c1cc(-c2cc(CC(=O)O)ccc2OCc2cccc(Cl)c2)nn1Cc1ccccc1. The third-order valence-electron chi connectivity index (χ3n) is 6.30. The molecule has 5 aromatic rings. The van der Waals surface area contributed by atoms with Crippen LogP contribution < -0.4 is 9.47 Å². The summed E-state index contributed by atoms with van der Waals surface area (Å²) in [5.41, 5.74) is 5.82. The van der Waals surface area contributed by atoms with Crippen LogP contribution in [0.1, 0.15) is 16.7 Å². The number of aromatic nitrogens is 2. The molecule has 0 fully saturated rings. The van der Waals surface area contributed by atoms with E-state index in [1.807, 2.05) is 83.5 Å². The van der Waals surface area contributed by atoms with Crippen molar-refractivity contribution in [3.05, 3.63) is 125 Å². The van der Waals surface area contributed by atoms with Gasteiger partial charge in [0.25, 0.3) is 0 Å². The lowest BCUT2D eigenvalue weighted by Crippen LogP contribution is -2.05. The van der Waals surface area contributed by atoms with Gasteiger partial charge in [-0.2, -0.15) is 5.10 Å². The fourth-order valence-corrected chi connectivity index (χ4v) is 4.69. The lowest BCUT2D eigenvalue weighted by molar-refractivity contribution is -0.136. The normalized spacial score (nSPS) is 10.8. The van der Waals surface area contributed by atoms with Gasteiger partial charge in [-0.25, -0.2) is 0 Å². The Morgan fingerprint density at radius 1 is 0.821 bits per heavy atom. The Bertz CT molecular complexity index is 1600. The maximum absolute atomic E-state index is 11.5. The molecule has 0 bridgehead atoms. The molecule has 0 amide bonds. The second-order valence-corrected chi connectivity index (χ2v) is 9.51. The second kappa shape index (κ2) is 11.9. The van der Waals surface area contributed by atoms with Gasteiger partial charge in [0, 0.05) is 16.1 Å². The fraction of sp³-hybridized carbons (Fsp3) is 0.125. The van der Waals surface area contributed by atoms with Crippen molar-refractivity contribution in [1.82, 2.24) is 9.78 Å². The highest BCUT2D eigenvalue weighted by atomic mass is 35.5. The van der Waals surface area contributed by atoms with Crippen LogP contribution in [0.25, 0.3) is 22.5 Å². The maximum atomic E-state index is 11.5. The number of hydrogen-bond acceptors (Lipinski definition) is 4. The molecule has 0 spiro atoms. The number of aliphatic carboxylic acids is 1. The van der Waals surface area contributed by atoms with Crippen LogP contribution >= 0.6 is 11.6 Å². The van der Waals surface area contributed by atoms with Gasteiger partial charge in [-0.1, -0.05) is 72.3 Å². The van der Waals surface area contributed by atoms with Gasteiger partial charge in [0.1, 0.15) is 18.1 Å². The van der Waals surface area contributed by atoms with Crippen molar-refractivity contribution in [3.63, 3.8) is 0 Å². The summed E-state index contributed by atoms with van der Waals surface area (Å²) < 4.78 is 13.8. The van der Waals surface area contributed by atoms with Gasteiger partial charge < -0.3 is 14.6 Å². The molecule has 1 N–H and O–H groups in total. The molecule has 0 radical (unpaired) electrons. The molecule has 0 saturated carbocycles. The van der Waals surface area contributed by atoms with Gasteiger partial charge in [-0.3, -0.25) is 9.48 Å². The Morgan fingerprint density at radius 3 is 2.36 bits per heavy atom. The Kier molecular flexibility index (Phi) is 7.94. The number of para-hydroxylation sites is 1. The predicted molar refractivity (Wildman–Crippen MR) is 152 cm³/mol. The number of carboxylic acid groups (broad SMARTS) is 1. The van der Waals surface area contributed by atoms with E-state index in [1.54, 1.807) is 19.2 Å². The van der Waals surface area contributed by atoms with Crippen molar-refractivity contribution in [1.29, 1.82) is 0 Å². The van der Waals surface area contributed by atoms with Crippen molar-refractivity contribution >= 4 is 17.6 Å². The van der Waals surface area contributed by atoms with Gasteiger partial charge in [0.05, 0.1) is 31.5 Å². The predicted octanol–water partition coefficient (Wildman–Crippen LogP) is 7.13. The number of rotatable bonds is 10. The molecule has 0 unspecified atom stereocenters. The van der Waals surface area contributed by atoms with Gasteiger partial charge in [-0.15, -0.1) is 0 Å². The van der Waals surface area contributed by atoms with Crippen LogP contribution in [0.2, 0.25) is 5.02 Å². The van der Waals surface area contributed by atoms with E-state index in [0.29, 0.717) is 40.7 Å². The lowest BCUT2D eigenvalue weighted by atomic mass is 10.0. The number of halogens is 1. The quantitative estimate of drug-likeness (QED) is 0.205. The molecule has 1 aromatic heterocycles. The summed E-state index contributed by atoms with van der Waals surface area (Å²) in [4.78, 5) is 11.5. The summed E-state index contributed by atoms with van der Waals surface area (Å²) in [5, 5.41) is 15.0. The Hall–Kier alpha value is -4.55. The Balaban J connectivity index is 1.60. The van der Waals surface area contributed by atoms with E-state index >= 15 is 0 Å². The molecule has 1 heterocycles. The monoisotopic (exact) mass is 538 g/mol. The third-order valence-corrected chi connectivity index (χ3v) is 6.53. The fourth-order valence-electron chi connectivity index (χ4n) is 4.47. The first-order chi connectivity index (χ1) is 19.0. The Morgan fingerprint density at radius 2 is 1.59 bits per heavy atom. The maximum Gasteiger partial charge on any atom is 0.307 e. The number of nitrogens with zero attached hydrogens (tertiary/aromatic N) is 2. The smallest absolute Gasteiger partial charge is 0.307 e. The molecule has 0 atom stereocenters. The van der Waals surface area contributed by atoms with Gasteiger partial charge >= 0.3 is 5.97 Å². The average molecular weight is 539 g/mol. The van der Waals surface area contributed by atoms with Gasteiger partial charge in [0.2, 0.25) is 0 Å². The van der Waals surface area contributed by atoms with E-state index in [9.17, 15) is 9.90 Å². The first-order valence-electron chi connectivity index (χ1n) is 12.5. The van der Waals surface area contributed by atoms with Gasteiger partial charge in [-0.05, 0) is 59.2 Å². The van der Waals surface area contributed by atoms with Crippen LogP contribution in [0.3, 0.4) is 0 Å². The number of benzene rings is 4. The largest absolute Gasteiger partial charge is 0.496 e. The molecule has 4 aromatic carbocycles. The topological polar surface area (TPSA) is 73.6 Å². The van der Waals surface area contributed by atoms with Crippen LogP contribution in [-0.2, 0) is 24.4 Å². The van der Waals surface area contributed by atoms with Crippen molar-refractivity contribution in [2.24, 2.45) is 0 Å². The minimum atomic E-state index is -0.905. The zero-order valence-corrected chi connectivity index (χ0v) is 22.1. The summed E-state index contributed by atoms with van der Waals surface area (Å²) in [5.74, 6) is 0.424. The molecule has 6 nitrogen and oxygen atoms in total. The van der Waals surface area contributed by atoms with E-state index in [0.717, 1.165) is 28.1 Å². The van der Waals surface area contributed by atoms with Crippen LogP contribution in [0.15, 0.2) is 103 Å². The highest BCUT2D eigenvalue weighted by molar-refractivity contribution is 6.30. The summed E-state index contributed by atoms with van der Waals surface area (Å²) in [6.45, 7) is 0.845. The first-order valence-corrected chi connectivity index (χ1v) is 12.9. The van der Waals surface area contributed by atoms with Crippen LogP contribution in [0.5, 0.6) is 11.5 Å². The summed E-state index contributed by atoms with van der Waals surface area (Å²) in [6, 6.07) is 32.8. The highest BCUT2D eigenvalue weighted by Gasteiger charge is 2.19. The minimum absolute atomic E-state index is 0.105. The molecule has 0 aliphatic heterocycles. The number of carbonyl (C=O) groups is 1. The molecule has 196 valence electrons. The highest BCUT2D eigenvalue weighted by Crippen LogP contribution is 2.37. The zero-order valence-electron chi connectivity index (χ0n) is 21.4. The molecule has 0 aliphatic rings. The molecular weight excluding hydrogens is 512 g/mol. The second-order valence-electron chi connectivity index (χ2n) is 9.08. The van der Waals surface area contributed by atoms with E-state index < -0.39 is 5.97 Å². The molecule has 39 heavy (non-hydrogen) atoms. The van der Waals surface area contributed by atoms with Crippen molar-refractivity contribution in [3.8, 4) is 34.0 Å². The van der Waals surface area contributed by atoms with Crippen molar-refractivity contribution in [2.45, 2.75) is 19.6 Å². The van der Waals surface area contributed by atoms with Crippen molar-refractivity contribution in [2.75, 3.05) is 7.11 Å². The van der Waals surface area contributed by atoms with Crippen molar-refractivity contribution < 1.29 is 19.4 Å². The zero-order chi connectivity index (χ0) is 27.2. The summed E-state index contributed by atoms with van der Waals surface area (Å²) in [6.07, 6.45) is -0.105. The first kappa shape index (κ1) is 26.1. The van der Waals surface area contributed by atoms with Crippen LogP contribution in [0, 0.1) is 0 Å². The van der Waals surface area contributed by atoms with Crippen LogP contribution in [-0.4, -0.2) is 28.0 Å². The van der Waals surface area contributed by atoms with Crippen LogP contribution in [0.4, 0.5) is 0 Å². The standard InChI is InChI=1S/C32H27ClN2O4/c1-38-30-13-6-5-12-26(30)29-19-28(34-35(29)20-22-8-3-2-4-9-22)27-17-23(18-32(36)37)14-15-31(27)39-21-24-10-7-11-25(33)16-24/h2-17,19H,18,20-21H2,1H3,(H,36,37). The third kappa shape index (κ3) is 6.30. The number of hydrogen-bond donors (Lipinski definition) is 1. The summed E-state index contributed by atoms with van der Waals surface area (Å²) in [7, 11) is 1.65. The minimum Gasteiger partial charge on any atom is -0.496 e. The average Bonchev–Trinajstić information content (AvgIpc) is 3.35. The summed E-state index contributed by atoms with van der Waals surface area (Å²) >= 11 is 6.16. The van der Waals surface area contributed by atoms with E-state index in [2.05, 4.69) is 12.1 Å². The lowest BCUT2D eigenvalue weighted by Gasteiger charge is -2.12. The molecule has 7 heteroatoms.